The van der Waals surface area contributed by atoms with E-state index in [1.54, 1.807) is 4.57 Å². The van der Waals surface area contributed by atoms with Crippen LogP contribution < -0.4 is 4.80 Å². The van der Waals surface area contributed by atoms with Gasteiger partial charge in [0.25, 0.3) is 10.0 Å². The number of rotatable bonds is 4. The minimum absolute atomic E-state index is 0.0290. The fourth-order valence-corrected chi connectivity index (χ4v) is 4.94. The van der Waals surface area contributed by atoms with Crippen molar-refractivity contribution in [3.63, 3.8) is 0 Å². The van der Waals surface area contributed by atoms with Gasteiger partial charge >= 0.3 is 5.97 Å². The van der Waals surface area contributed by atoms with Gasteiger partial charge in [-0.05, 0) is 61.4 Å². The number of esters is 1. The number of ether oxygens (including phenoxy) is 1. The van der Waals surface area contributed by atoms with Crippen molar-refractivity contribution in [2.75, 3.05) is 7.11 Å². The highest BCUT2D eigenvalue weighted by molar-refractivity contribution is 7.90. The molecule has 9 heteroatoms. The number of methoxy groups -OCH3 is 1. The van der Waals surface area contributed by atoms with Crippen LogP contribution in [0.15, 0.2) is 45.7 Å². The number of hydrogen-bond acceptors (Lipinski definition) is 5. The first-order valence-corrected chi connectivity index (χ1v) is 10.6. The molecule has 0 fully saturated rings. The summed E-state index contributed by atoms with van der Waals surface area (Å²) in [4.78, 5) is 12.1. The maximum Gasteiger partial charge on any atom is 0.325 e. The van der Waals surface area contributed by atoms with Gasteiger partial charge in [-0.15, -0.1) is 4.40 Å². The van der Waals surface area contributed by atoms with Crippen molar-refractivity contribution >= 4 is 49.1 Å². The molecule has 0 amide bonds. The Morgan fingerprint density at radius 3 is 2.44 bits per heavy atom. The maximum absolute atomic E-state index is 12.7. The Morgan fingerprint density at radius 1 is 1.19 bits per heavy atom. The Labute approximate surface area is 165 Å². The molecule has 0 bridgehead atoms. The number of halogens is 1. The van der Waals surface area contributed by atoms with Gasteiger partial charge in [0.1, 0.15) is 6.54 Å². The Hall–Kier alpha value is -2.16. The zero-order valence-electron chi connectivity index (χ0n) is 14.9. The average Bonchev–Trinajstić information content (AvgIpc) is 2.91. The SMILES string of the molecule is COC(=O)Cn1c(=NS(=O)(=O)c2ccc(Cl)cc2)sc2cc(C)c(C)cc21. The van der Waals surface area contributed by atoms with Crippen LogP contribution in [0.2, 0.25) is 5.02 Å². The van der Waals surface area contributed by atoms with Crippen LogP contribution >= 0.6 is 22.9 Å². The van der Waals surface area contributed by atoms with Gasteiger partial charge in [-0.1, -0.05) is 22.9 Å². The lowest BCUT2D eigenvalue weighted by Gasteiger charge is -2.06. The minimum atomic E-state index is -3.96. The second-order valence-electron chi connectivity index (χ2n) is 5.97. The second kappa shape index (κ2) is 7.46. The Balaban J connectivity index is 2.25. The van der Waals surface area contributed by atoms with E-state index in [0.29, 0.717) is 5.02 Å². The van der Waals surface area contributed by atoms with Crippen molar-refractivity contribution in [3.05, 3.63) is 57.3 Å². The quantitative estimate of drug-likeness (QED) is 0.601. The molecule has 6 nitrogen and oxygen atoms in total. The van der Waals surface area contributed by atoms with Crippen LogP contribution in [-0.4, -0.2) is 26.1 Å². The third kappa shape index (κ3) is 4.07. The molecule has 3 aromatic rings. The standard InChI is InChI=1S/C18H17ClN2O4S2/c1-11-8-15-16(9-12(11)2)26-18(21(15)10-17(22)25-3)20-27(23,24)14-6-4-13(19)5-7-14/h4-9H,10H2,1-3H3. The van der Waals surface area contributed by atoms with Crippen molar-refractivity contribution in [3.8, 4) is 0 Å². The van der Waals surface area contributed by atoms with Gasteiger partial charge in [-0.25, -0.2) is 0 Å². The molecule has 1 heterocycles. The molecule has 1 aromatic heterocycles. The lowest BCUT2D eigenvalue weighted by atomic mass is 10.1. The van der Waals surface area contributed by atoms with Crippen LogP contribution in [0.4, 0.5) is 0 Å². The third-order valence-corrected chi connectivity index (χ3v) is 6.81. The van der Waals surface area contributed by atoms with Crippen LogP contribution in [0.25, 0.3) is 10.2 Å². The van der Waals surface area contributed by atoms with E-state index in [2.05, 4.69) is 4.40 Å². The molecule has 0 N–H and O–H groups in total. The van der Waals surface area contributed by atoms with Crippen molar-refractivity contribution in [2.24, 2.45) is 4.40 Å². The number of carbonyl (C=O) groups is 1. The summed E-state index contributed by atoms with van der Waals surface area (Å²) in [6.45, 7) is 3.80. The lowest BCUT2D eigenvalue weighted by molar-refractivity contribution is -0.141. The van der Waals surface area contributed by atoms with E-state index in [1.807, 2.05) is 26.0 Å². The first-order valence-electron chi connectivity index (χ1n) is 7.95. The molecule has 2 aromatic carbocycles. The minimum Gasteiger partial charge on any atom is -0.468 e. The molecule has 3 rings (SSSR count). The molecule has 0 aliphatic heterocycles. The summed E-state index contributed by atoms with van der Waals surface area (Å²) in [5.41, 5.74) is 2.84. The number of hydrogen-bond donors (Lipinski definition) is 0. The summed E-state index contributed by atoms with van der Waals surface area (Å²) in [5, 5.41) is 0.433. The molecule has 0 saturated carbocycles. The predicted octanol–water partition coefficient (Wildman–Crippen LogP) is 3.44. The van der Waals surface area contributed by atoms with Crippen LogP contribution in [0, 0.1) is 13.8 Å². The molecular formula is C18H17ClN2O4S2. The predicted molar refractivity (Wildman–Crippen MR) is 106 cm³/mol. The third-order valence-electron chi connectivity index (χ3n) is 4.12. The first kappa shape index (κ1) is 19.6. The topological polar surface area (TPSA) is 77.7 Å². The molecule has 0 unspecified atom stereocenters. The van der Waals surface area contributed by atoms with E-state index in [0.717, 1.165) is 21.3 Å². The summed E-state index contributed by atoms with van der Waals surface area (Å²) in [5.74, 6) is -0.488. The van der Waals surface area contributed by atoms with Gasteiger partial charge in [0.05, 0.1) is 22.2 Å². The molecule has 0 aliphatic rings. The molecular weight excluding hydrogens is 408 g/mol. The number of thiazole rings is 1. The zero-order valence-corrected chi connectivity index (χ0v) is 17.3. The normalized spacial score (nSPS) is 12.5. The molecule has 0 radical (unpaired) electrons. The smallest absolute Gasteiger partial charge is 0.325 e. The lowest BCUT2D eigenvalue weighted by Crippen LogP contribution is -2.22. The highest BCUT2D eigenvalue weighted by atomic mass is 35.5. The number of carbonyl (C=O) groups excluding carboxylic acids is 1. The fraction of sp³-hybridized carbons (Fsp3) is 0.222. The average molecular weight is 425 g/mol. The van der Waals surface area contributed by atoms with Gasteiger partial charge in [-0.2, -0.15) is 8.42 Å². The van der Waals surface area contributed by atoms with Crippen molar-refractivity contribution in [2.45, 2.75) is 25.3 Å². The van der Waals surface area contributed by atoms with E-state index in [-0.39, 0.29) is 16.2 Å². The summed E-state index contributed by atoms with van der Waals surface area (Å²) in [7, 11) is -2.67. The van der Waals surface area contributed by atoms with E-state index in [9.17, 15) is 13.2 Å². The number of nitrogens with zero attached hydrogens (tertiary/aromatic N) is 2. The number of sulfonamides is 1. The van der Waals surface area contributed by atoms with Crippen LogP contribution in [0.1, 0.15) is 11.1 Å². The number of benzene rings is 2. The Kier molecular flexibility index (Phi) is 5.41. The van der Waals surface area contributed by atoms with E-state index in [4.69, 9.17) is 16.3 Å². The molecule has 142 valence electrons. The summed E-state index contributed by atoms with van der Waals surface area (Å²) >= 11 is 7.03. The summed E-state index contributed by atoms with van der Waals surface area (Å²) in [6, 6.07) is 9.64. The van der Waals surface area contributed by atoms with Gasteiger partial charge in [0.15, 0.2) is 0 Å². The Bertz CT molecular complexity index is 1190. The zero-order chi connectivity index (χ0) is 19.8. The van der Waals surface area contributed by atoms with E-state index < -0.39 is 16.0 Å². The summed E-state index contributed by atoms with van der Waals surface area (Å²) < 4.78 is 36.5. The van der Waals surface area contributed by atoms with E-state index in [1.165, 1.54) is 42.7 Å². The largest absolute Gasteiger partial charge is 0.468 e. The van der Waals surface area contributed by atoms with Gasteiger partial charge < -0.3 is 9.30 Å². The van der Waals surface area contributed by atoms with Crippen molar-refractivity contribution in [1.29, 1.82) is 0 Å². The Morgan fingerprint density at radius 2 is 1.81 bits per heavy atom. The van der Waals surface area contributed by atoms with Crippen LogP contribution in [-0.2, 0) is 26.1 Å². The van der Waals surface area contributed by atoms with Gasteiger partial charge in [-0.3, -0.25) is 4.79 Å². The van der Waals surface area contributed by atoms with Crippen molar-refractivity contribution < 1.29 is 17.9 Å². The van der Waals surface area contributed by atoms with Crippen molar-refractivity contribution in [1.82, 2.24) is 4.57 Å². The highest BCUT2D eigenvalue weighted by Crippen LogP contribution is 2.23. The van der Waals surface area contributed by atoms with Crippen LogP contribution in [0.5, 0.6) is 0 Å². The van der Waals surface area contributed by atoms with Crippen LogP contribution in [0.3, 0.4) is 0 Å². The highest BCUT2D eigenvalue weighted by Gasteiger charge is 2.17. The molecule has 0 atom stereocenters. The fourth-order valence-electron chi connectivity index (χ4n) is 2.50. The molecule has 0 saturated heterocycles. The maximum atomic E-state index is 12.7. The van der Waals surface area contributed by atoms with Gasteiger partial charge in [0.2, 0.25) is 4.80 Å². The second-order valence-corrected chi connectivity index (χ2v) is 9.02. The van der Waals surface area contributed by atoms with E-state index >= 15 is 0 Å². The monoisotopic (exact) mass is 424 g/mol. The number of aryl methyl sites for hydroxylation is 2. The summed E-state index contributed by atoms with van der Waals surface area (Å²) in [6.07, 6.45) is 0. The number of aromatic nitrogens is 1. The molecule has 27 heavy (non-hydrogen) atoms. The molecule has 0 aliphatic carbocycles. The molecule has 0 spiro atoms. The van der Waals surface area contributed by atoms with Gasteiger partial charge in [0, 0.05) is 5.02 Å². The number of fused-ring (bicyclic) bond motifs is 1. The first-order chi connectivity index (χ1) is 12.7.